The topological polar surface area (TPSA) is 83.0 Å². The molecule has 1 atom stereocenters. The first-order valence-electron chi connectivity index (χ1n) is 11.3. The van der Waals surface area contributed by atoms with Crippen LogP contribution in [0, 0.1) is 12.8 Å². The molecule has 33 heavy (non-hydrogen) atoms. The van der Waals surface area contributed by atoms with Crippen molar-refractivity contribution in [3.8, 4) is 11.3 Å². The molecule has 2 aromatic carbocycles. The minimum atomic E-state index is -0.246. The van der Waals surface area contributed by atoms with Crippen molar-refractivity contribution in [2.24, 2.45) is 13.0 Å². The van der Waals surface area contributed by atoms with E-state index in [9.17, 15) is 9.59 Å². The van der Waals surface area contributed by atoms with Crippen molar-refractivity contribution in [3.63, 3.8) is 0 Å². The van der Waals surface area contributed by atoms with Crippen LogP contribution in [0.15, 0.2) is 60.7 Å². The van der Waals surface area contributed by atoms with E-state index in [0.717, 1.165) is 46.4 Å². The molecule has 2 aromatic heterocycles. The van der Waals surface area contributed by atoms with Crippen molar-refractivity contribution in [3.05, 3.63) is 72.1 Å². The van der Waals surface area contributed by atoms with Gasteiger partial charge in [0, 0.05) is 53.7 Å². The maximum atomic E-state index is 13.0. The first-order chi connectivity index (χ1) is 16.0. The number of benzene rings is 2. The van der Waals surface area contributed by atoms with E-state index in [1.807, 2.05) is 56.4 Å². The van der Waals surface area contributed by atoms with Crippen LogP contribution in [0.1, 0.15) is 29.0 Å². The van der Waals surface area contributed by atoms with Gasteiger partial charge >= 0.3 is 0 Å². The molecule has 7 nitrogen and oxygen atoms in total. The fourth-order valence-electron chi connectivity index (χ4n) is 4.44. The number of aromatic amines is 1. The van der Waals surface area contributed by atoms with Crippen LogP contribution in [0.4, 0.5) is 5.69 Å². The van der Waals surface area contributed by atoms with Gasteiger partial charge in [-0.2, -0.15) is 5.10 Å². The molecule has 1 saturated heterocycles. The summed E-state index contributed by atoms with van der Waals surface area (Å²) in [5.41, 5.74) is 5.21. The molecular formula is C26H27N5O2. The lowest BCUT2D eigenvalue weighted by Gasteiger charge is -2.31. The van der Waals surface area contributed by atoms with E-state index < -0.39 is 0 Å². The van der Waals surface area contributed by atoms with Gasteiger partial charge in [0.15, 0.2) is 5.69 Å². The lowest BCUT2D eigenvalue weighted by Crippen LogP contribution is -2.44. The smallest absolute Gasteiger partial charge is 0.274 e. The van der Waals surface area contributed by atoms with E-state index in [4.69, 9.17) is 0 Å². The first-order valence-corrected chi connectivity index (χ1v) is 11.3. The number of aromatic nitrogens is 3. The Bertz CT molecular complexity index is 1280. The maximum absolute atomic E-state index is 13.0. The van der Waals surface area contributed by atoms with Crippen molar-refractivity contribution in [1.29, 1.82) is 0 Å². The number of para-hydroxylation sites is 1. The molecule has 0 unspecified atom stereocenters. The molecule has 1 fully saturated rings. The van der Waals surface area contributed by atoms with E-state index in [-0.39, 0.29) is 17.7 Å². The Kier molecular flexibility index (Phi) is 5.46. The molecule has 2 amide bonds. The van der Waals surface area contributed by atoms with Gasteiger partial charge in [-0.15, -0.1) is 0 Å². The van der Waals surface area contributed by atoms with E-state index in [2.05, 4.69) is 27.5 Å². The number of amides is 2. The number of carbonyl (C=O) groups is 2. The number of likely N-dealkylation sites (tertiary alicyclic amines) is 1. The lowest BCUT2D eigenvalue weighted by molar-refractivity contribution is -0.121. The Hall–Kier alpha value is -3.87. The van der Waals surface area contributed by atoms with Gasteiger partial charge < -0.3 is 15.2 Å². The van der Waals surface area contributed by atoms with Crippen LogP contribution in [0.5, 0.6) is 0 Å². The van der Waals surface area contributed by atoms with Crippen molar-refractivity contribution in [1.82, 2.24) is 19.7 Å². The Morgan fingerprint density at radius 1 is 1.09 bits per heavy atom. The van der Waals surface area contributed by atoms with Gasteiger partial charge in [-0.25, -0.2) is 0 Å². The number of aryl methyl sites for hydroxylation is 2. The summed E-state index contributed by atoms with van der Waals surface area (Å²) in [6, 6.07) is 19.9. The SMILES string of the molecule is Cc1cc(C(=O)N2CCC[C@H](C(=O)Nc3cccc(-c4cc5ccccc5[nH]4)c3)C2)nn1C. The van der Waals surface area contributed by atoms with Crippen LogP contribution in [-0.4, -0.2) is 44.6 Å². The molecule has 2 N–H and O–H groups in total. The highest BCUT2D eigenvalue weighted by molar-refractivity contribution is 5.96. The summed E-state index contributed by atoms with van der Waals surface area (Å²) in [6.07, 6.45) is 1.56. The number of H-pyrrole nitrogens is 1. The minimum absolute atomic E-state index is 0.0569. The number of nitrogens with zero attached hydrogens (tertiary/aromatic N) is 3. The van der Waals surface area contributed by atoms with Crippen molar-refractivity contribution in [2.75, 3.05) is 18.4 Å². The third-order valence-electron chi connectivity index (χ3n) is 6.38. The van der Waals surface area contributed by atoms with Crippen molar-refractivity contribution >= 4 is 28.4 Å². The number of anilines is 1. The van der Waals surface area contributed by atoms with Gasteiger partial charge in [-0.05, 0) is 50.1 Å². The molecule has 0 saturated carbocycles. The molecule has 0 spiro atoms. The van der Waals surface area contributed by atoms with Crippen LogP contribution in [0.25, 0.3) is 22.2 Å². The van der Waals surface area contributed by atoms with Crippen molar-refractivity contribution in [2.45, 2.75) is 19.8 Å². The number of fused-ring (bicyclic) bond motifs is 1. The number of rotatable bonds is 4. The second kappa shape index (κ2) is 8.58. The summed E-state index contributed by atoms with van der Waals surface area (Å²) < 4.78 is 1.70. The highest BCUT2D eigenvalue weighted by atomic mass is 16.2. The fraction of sp³-hybridized carbons (Fsp3) is 0.269. The summed E-state index contributed by atoms with van der Waals surface area (Å²) in [4.78, 5) is 31.1. The van der Waals surface area contributed by atoms with Crippen LogP contribution in [-0.2, 0) is 11.8 Å². The molecule has 3 heterocycles. The van der Waals surface area contributed by atoms with E-state index in [0.29, 0.717) is 18.8 Å². The molecule has 0 aliphatic carbocycles. The third-order valence-corrected chi connectivity index (χ3v) is 6.38. The molecule has 7 heteroatoms. The maximum Gasteiger partial charge on any atom is 0.274 e. The molecule has 4 aromatic rings. The number of carbonyl (C=O) groups excluding carboxylic acids is 2. The monoisotopic (exact) mass is 441 g/mol. The van der Waals surface area contributed by atoms with Gasteiger partial charge in [0.05, 0.1) is 5.92 Å². The standard InChI is InChI=1S/C26H27N5O2/c1-17-13-24(29-30(17)2)26(33)31-12-6-9-20(16-31)25(32)27-21-10-5-8-18(14-21)23-15-19-7-3-4-11-22(19)28-23/h3-5,7-8,10-11,13-15,20,28H,6,9,12,16H2,1-2H3,(H,27,32)/t20-/m0/s1. The average molecular weight is 442 g/mol. The van der Waals surface area contributed by atoms with Crippen LogP contribution < -0.4 is 5.32 Å². The zero-order valence-corrected chi connectivity index (χ0v) is 18.8. The van der Waals surface area contributed by atoms with Crippen LogP contribution in [0.2, 0.25) is 0 Å². The largest absolute Gasteiger partial charge is 0.355 e. The molecule has 168 valence electrons. The molecule has 0 radical (unpaired) electrons. The Morgan fingerprint density at radius 3 is 2.73 bits per heavy atom. The second-order valence-corrected chi connectivity index (χ2v) is 8.73. The predicted octanol–water partition coefficient (Wildman–Crippen LogP) is 4.37. The predicted molar refractivity (Wildman–Crippen MR) is 129 cm³/mol. The lowest BCUT2D eigenvalue weighted by atomic mass is 9.96. The highest BCUT2D eigenvalue weighted by Gasteiger charge is 2.30. The molecular weight excluding hydrogens is 414 g/mol. The number of hydrogen-bond acceptors (Lipinski definition) is 3. The third kappa shape index (κ3) is 4.26. The van der Waals surface area contributed by atoms with Crippen LogP contribution in [0.3, 0.4) is 0 Å². The van der Waals surface area contributed by atoms with E-state index in [1.165, 1.54) is 0 Å². The quantitative estimate of drug-likeness (QED) is 0.493. The number of hydrogen-bond donors (Lipinski definition) is 2. The number of piperidine rings is 1. The summed E-state index contributed by atoms with van der Waals surface area (Å²) in [5, 5.41) is 8.51. The van der Waals surface area contributed by atoms with E-state index in [1.54, 1.807) is 15.6 Å². The number of nitrogens with one attached hydrogen (secondary N) is 2. The summed E-state index contributed by atoms with van der Waals surface area (Å²) >= 11 is 0. The van der Waals surface area contributed by atoms with Gasteiger partial charge in [0.25, 0.3) is 5.91 Å². The summed E-state index contributed by atoms with van der Waals surface area (Å²) in [5.74, 6) is -0.417. The van der Waals surface area contributed by atoms with Gasteiger partial charge in [-0.1, -0.05) is 30.3 Å². The highest BCUT2D eigenvalue weighted by Crippen LogP contribution is 2.27. The zero-order valence-electron chi connectivity index (χ0n) is 18.8. The molecule has 0 bridgehead atoms. The Morgan fingerprint density at radius 2 is 1.94 bits per heavy atom. The summed E-state index contributed by atoms with van der Waals surface area (Å²) in [7, 11) is 1.82. The van der Waals surface area contributed by atoms with Gasteiger partial charge in [0.1, 0.15) is 0 Å². The minimum Gasteiger partial charge on any atom is -0.355 e. The molecule has 5 rings (SSSR count). The van der Waals surface area contributed by atoms with Gasteiger partial charge in [0.2, 0.25) is 5.91 Å². The zero-order chi connectivity index (χ0) is 22.9. The van der Waals surface area contributed by atoms with Crippen LogP contribution >= 0.6 is 0 Å². The van der Waals surface area contributed by atoms with Gasteiger partial charge in [-0.3, -0.25) is 14.3 Å². The summed E-state index contributed by atoms with van der Waals surface area (Å²) in [6.45, 7) is 2.97. The second-order valence-electron chi connectivity index (χ2n) is 8.73. The Balaban J connectivity index is 1.28. The normalized spacial score (nSPS) is 16.2. The molecule has 1 aliphatic rings. The van der Waals surface area contributed by atoms with Crippen molar-refractivity contribution < 1.29 is 9.59 Å². The average Bonchev–Trinajstić information content (AvgIpc) is 3.42. The Labute approximate surface area is 192 Å². The fourth-order valence-corrected chi connectivity index (χ4v) is 4.44. The first kappa shape index (κ1) is 21.0. The molecule has 1 aliphatic heterocycles. The van der Waals surface area contributed by atoms with E-state index >= 15 is 0 Å².